The summed E-state index contributed by atoms with van der Waals surface area (Å²) in [5.74, 6) is -0.261. The number of carbonyl (C=O) groups excluding carboxylic acids is 1. The first kappa shape index (κ1) is 16.0. The van der Waals surface area contributed by atoms with Gasteiger partial charge in [-0.1, -0.05) is 25.3 Å². The van der Waals surface area contributed by atoms with E-state index in [1.165, 1.54) is 24.1 Å². The van der Waals surface area contributed by atoms with E-state index in [2.05, 4.69) is 22.8 Å². The molecule has 0 bridgehead atoms. The van der Waals surface area contributed by atoms with Gasteiger partial charge in [-0.05, 0) is 30.7 Å². The summed E-state index contributed by atoms with van der Waals surface area (Å²) in [4.78, 5) is 13.7. The van der Waals surface area contributed by atoms with Crippen LogP contribution in [-0.2, 0) is 20.0 Å². The Balaban J connectivity index is 1.66. The zero-order valence-electron chi connectivity index (χ0n) is 12.7. The SMILES string of the molecule is O=C(NCC1(c2cccs2)CCCCC1)C1CCS(=O)(=O)C1. The van der Waals surface area contributed by atoms with Crippen LogP contribution in [0.3, 0.4) is 0 Å². The van der Waals surface area contributed by atoms with Gasteiger partial charge < -0.3 is 5.32 Å². The predicted octanol–water partition coefficient (Wildman–Crippen LogP) is 2.50. The minimum atomic E-state index is -3.00. The molecule has 1 aromatic rings. The van der Waals surface area contributed by atoms with E-state index in [0.29, 0.717) is 13.0 Å². The third-order valence-corrected chi connectivity index (χ3v) is 7.94. The lowest BCUT2D eigenvalue weighted by Crippen LogP contribution is -2.43. The fraction of sp³-hybridized carbons (Fsp3) is 0.688. The minimum Gasteiger partial charge on any atom is -0.355 e. The van der Waals surface area contributed by atoms with Crippen LogP contribution in [0.2, 0.25) is 0 Å². The number of amides is 1. The summed E-state index contributed by atoms with van der Waals surface area (Å²) in [6.07, 6.45) is 6.35. The predicted molar refractivity (Wildman–Crippen MR) is 88.9 cm³/mol. The molecule has 1 aliphatic carbocycles. The molecule has 2 fully saturated rings. The van der Waals surface area contributed by atoms with Gasteiger partial charge in [0.2, 0.25) is 5.91 Å². The van der Waals surface area contributed by atoms with Crippen LogP contribution in [0.25, 0.3) is 0 Å². The Kier molecular flexibility index (Phi) is 4.59. The van der Waals surface area contributed by atoms with Gasteiger partial charge in [0.05, 0.1) is 17.4 Å². The molecule has 2 aliphatic rings. The van der Waals surface area contributed by atoms with Crippen LogP contribution in [0.1, 0.15) is 43.4 Å². The average Bonchev–Trinajstić information content (AvgIpc) is 3.15. The smallest absolute Gasteiger partial charge is 0.224 e. The van der Waals surface area contributed by atoms with Crippen molar-refractivity contribution in [2.24, 2.45) is 5.92 Å². The number of hydrogen-bond donors (Lipinski definition) is 1. The molecule has 1 unspecified atom stereocenters. The van der Waals surface area contributed by atoms with Crippen molar-refractivity contribution in [1.82, 2.24) is 5.32 Å². The standard InChI is InChI=1S/C16H23NO3S2/c18-15(13-6-10-22(19,20)11-13)17-12-16(7-2-1-3-8-16)14-5-4-9-21-14/h4-5,9,13H,1-3,6-8,10-12H2,(H,17,18). The van der Waals surface area contributed by atoms with Crippen LogP contribution in [0.4, 0.5) is 0 Å². The number of rotatable bonds is 4. The van der Waals surface area contributed by atoms with E-state index in [1.807, 2.05) is 0 Å². The number of sulfone groups is 1. The summed E-state index contributed by atoms with van der Waals surface area (Å²) in [6.45, 7) is 0.642. The highest BCUT2D eigenvalue weighted by Gasteiger charge is 2.37. The molecule has 4 nitrogen and oxygen atoms in total. The van der Waals surface area contributed by atoms with Crippen molar-refractivity contribution in [2.75, 3.05) is 18.1 Å². The lowest BCUT2D eigenvalue weighted by Gasteiger charge is -2.37. The van der Waals surface area contributed by atoms with E-state index in [-0.39, 0.29) is 28.7 Å². The summed E-state index contributed by atoms with van der Waals surface area (Å²) in [5.41, 5.74) is 0.0551. The molecule has 122 valence electrons. The topological polar surface area (TPSA) is 63.2 Å². The number of hydrogen-bond acceptors (Lipinski definition) is 4. The van der Waals surface area contributed by atoms with Crippen molar-refractivity contribution >= 4 is 27.1 Å². The lowest BCUT2D eigenvalue weighted by molar-refractivity contribution is -0.124. The van der Waals surface area contributed by atoms with Gasteiger partial charge in [-0.2, -0.15) is 0 Å². The maximum absolute atomic E-state index is 12.3. The monoisotopic (exact) mass is 341 g/mol. The largest absolute Gasteiger partial charge is 0.355 e. The Labute approximate surface area is 136 Å². The second-order valence-electron chi connectivity index (χ2n) is 6.64. The Bertz CT molecular complexity index is 616. The number of thiophene rings is 1. The molecule has 1 saturated carbocycles. The molecule has 1 N–H and O–H groups in total. The van der Waals surface area contributed by atoms with E-state index in [4.69, 9.17) is 0 Å². The zero-order chi connectivity index (χ0) is 15.6. The summed E-state index contributed by atoms with van der Waals surface area (Å²) in [7, 11) is -3.00. The molecule has 1 saturated heterocycles. The first-order valence-corrected chi connectivity index (χ1v) is 10.7. The van der Waals surface area contributed by atoms with Gasteiger partial charge in [0, 0.05) is 16.8 Å². The summed E-state index contributed by atoms with van der Waals surface area (Å²) >= 11 is 1.76. The van der Waals surface area contributed by atoms with Crippen LogP contribution >= 0.6 is 11.3 Å². The summed E-state index contributed by atoms with van der Waals surface area (Å²) in [6, 6.07) is 4.24. The Morgan fingerprint density at radius 2 is 2.09 bits per heavy atom. The lowest BCUT2D eigenvalue weighted by atomic mass is 9.73. The molecular formula is C16H23NO3S2. The van der Waals surface area contributed by atoms with Crippen molar-refractivity contribution in [1.29, 1.82) is 0 Å². The van der Waals surface area contributed by atoms with E-state index in [9.17, 15) is 13.2 Å². The van der Waals surface area contributed by atoms with Crippen molar-refractivity contribution in [3.05, 3.63) is 22.4 Å². The van der Waals surface area contributed by atoms with Gasteiger partial charge in [-0.3, -0.25) is 4.79 Å². The number of nitrogens with one attached hydrogen (secondary N) is 1. The second kappa shape index (κ2) is 6.32. The Hall–Kier alpha value is -0.880. The Morgan fingerprint density at radius 3 is 2.68 bits per heavy atom. The van der Waals surface area contributed by atoms with Gasteiger partial charge in [-0.25, -0.2) is 8.42 Å². The molecular weight excluding hydrogens is 318 g/mol. The molecule has 0 spiro atoms. The van der Waals surface area contributed by atoms with Crippen LogP contribution in [0.5, 0.6) is 0 Å². The molecule has 1 aromatic heterocycles. The van der Waals surface area contributed by atoms with Crippen molar-refractivity contribution < 1.29 is 13.2 Å². The van der Waals surface area contributed by atoms with Crippen LogP contribution in [0.15, 0.2) is 17.5 Å². The van der Waals surface area contributed by atoms with E-state index < -0.39 is 9.84 Å². The van der Waals surface area contributed by atoms with Crippen LogP contribution in [-0.4, -0.2) is 32.4 Å². The first-order chi connectivity index (χ1) is 10.5. The normalized spacial score (nSPS) is 26.6. The average molecular weight is 341 g/mol. The molecule has 1 atom stereocenters. The summed E-state index contributed by atoms with van der Waals surface area (Å²) in [5, 5.41) is 5.16. The summed E-state index contributed by atoms with van der Waals surface area (Å²) < 4.78 is 23.0. The minimum absolute atomic E-state index is 0.0187. The van der Waals surface area contributed by atoms with Crippen LogP contribution < -0.4 is 5.32 Å². The van der Waals surface area contributed by atoms with Crippen molar-refractivity contribution in [3.63, 3.8) is 0 Å². The van der Waals surface area contributed by atoms with Crippen molar-refractivity contribution in [3.8, 4) is 0 Å². The fourth-order valence-corrected chi connectivity index (χ4v) is 6.45. The maximum atomic E-state index is 12.3. The first-order valence-electron chi connectivity index (χ1n) is 8.03. The quantitative estimate of drug-likeness (QED) is 0.915. The molecule has 1 amide bonds. The second-order valence-corrected chi connectivity index (χ2v) is 9.81. The van der Waals surface area contributed by atoms with Gasteiger partial charge >= 0.3 is 0 Å². The zero-order valence-corrected chi connectivity index (χ0v) is 14.3. The maximum Gasteiger partial charge on any atom is 0.224 e. The third kappa shape index (κ3) is 3.38. The van der Waals surface area contributed by atoms with E-state index in [0.717, 1.165) is 12.8 Å². The molecule has 0 radical (unpaired) electrons. The highest BCUT2D eigenvalue weighted by atomic mass is 32.2. The molecule has 0 aromatic carbocycles. The van der Waals surface area contributed by atoms with Gasteiger partial charge in [-0.15, -0.1) is 11.3 Å². The molecule has 6 heteroatoms. The third-order valence-electron chi connectivity index (χ3n) is 5.06. The molecule has 22 heavy (non-hydrogen) atoms. The molecule has 3 rings (SSSR count). The van der Waals surface area contributed by atoms with E-state index >= 15 is 0 Å². The van der Waals surface area contributed by atoms with E-state index in [1.54, 1.807) is 11.3 Å². The Morgan fingerprint density at radius 1 is 1.32 bits per heavy atom. The highest BCUT2D eigenvalue weighted by Crippen LogP contribution is 2.41. The van der Waals surface area contributed by atoms with Gasteiger partial charge in [0.15, 0.2) is 9.84 Å². The number of carbonyl (C=O) groups is 1. The van der Waals surface area contributed by atoms with Crippen molar-refractivity contribution in [2.45, 2.75) is 43.9 Å². The fourth-order valence-electron chi connectivity index (χ4n) is 3.72. The highest BCUT2D eigenvalue weighted by molar-refractivity contribution is 7.91. The molecule has 1 aliphatic heterocycles. The molecule has 2 heterocycles. The van der Waals surface area contributed by atoms with Gasteiger partial charge in [0.1, 0.15) is 0 Å². The van der Waals surface area contributed by atoms with Gasteiger partial charge in [0.25, 0.3) is 0 Å². The van der Waals surface area contributed by atoms with Crippen LogP contribution in [0, 0.1) is 5.92 Å².